The normalized spacial score (nSPS) is 11.4. The number of benzene rings is 7. The topological polar surface area (TPSA) is 9.86 Å². The van der Waals surface area contributed by atoms with E-state index in [9.17, 15) is 0 Å². The minimum atomic E-state index is 0. The van der Waals surface area contributed by atoms with Crippen molar-refractivity contribution in [3.05, 3.63) is 168 Å². The molecule has 0 saturated carbocycles. The van der Waals surface area contributed by atoms with E-state index in [1.54, 1.807) is 0 Å². The van der Waals surface area contributed by atoms with E-state index in [-0.39, 0.29) is 7.43 Å². The first-order valence-electron chi connectivity index (χ1n) is 15.2. The van der Waals surface area contributed by atoms with E-state index in [1.807, 2.05) is 0 Å². The molecule has 0 N–H and O–H groups in total. The Morgan fingerprint density at radius 1 is 0.348 bits per heavy atom. The number of nitrogens with zero attached hydrogens (tertiary/aromatic N) is 2. The molecule has 9 rings (SSSR count). The Labute approximate surface area is 276 Å². The van der Waals surface area contributed by atoms with Crippen molar-refractivity contribution in [2.24, 2.45) is 0 Å². The lowest BCUT2D eigenvalue weighted by Crippen LogP contribution is -1.94. The molecule has 46 heavy (non-hydrogen) atoms. The summed E-state index contributed by atoms with van der Waals surface area (Å²) in [7, 11) is 0. The van der Waals surface area contributed by atoms with E-state index in [0.29, 0.717) is 0 Å². The quantitative estimate of drug-likeness (QED) is 0.179. The van der Waals surface area contributed by atoms with Gasteiger partial charge >= 0.3 is 0 Å². The number of aromatic nitrogens is 2. The van der Waals surface area contributed by atoms with Crippen LogP contribution in [-0.4, -0.2) is 9.13 Å². The number of hydrogen-bond donors (Lipinski definition) is 0. The van der Waals surface area contributed by atoms with Gasteiger partial charge in [-0.2, -0.15) is 0 Å². The Bertz CT molecular complexity index is 2520. The van der Waals surface area contributed by atoms with E-state index in [2.05, 4.69) is 189 Å². The van der Waals surface area contributed by atoms with Crippen molar-refractivity contribution in [3.8, 4) is 33.6 Å². The molecule has 0 spiro atoms. The molecule has 2 nitrogen and oxygen atoms in total. The second-order valence-electron chi connectivity index (χ2n) is 11.5. The highest BCUT2D eigenvalue weighted by Gasteiger charge is 2.18. The van der Waals surface area contributed by atoms with Crippen molar-refractivity contribution in [1.29, 1.82) is 0 Å². The third kappa shape index (κ3) is 4.39. The van der Waals surface area contributed by atoms with E-state index < -0.39 is 0 Å². The van der Waals surface area contributed by atoms with Crippen LogP contribution in [0.3, 0.4) is 0 Å². The largest absolute Gasteiger partial charge is 0.309 e. The van der Waals surface area contributed by atoms with Crippen LogP contribution in [0.4, 0.5) is 0 Å². The van der Waals surface area contributed by atoms with E-state index in [4.69, 9.17) is 0 Å². The van der Waals surface area contributed by atoms with Crippen LogP contribution >= 0.6 is 15.9 Å². The zero-order valence-electron chi connectivity index (χ0n) is 24.4. The highest BCUT2D eigenvalue weighted by atomic mass is 79.9. The molecule has 220 valence electrons. The van der Waals surface area contributed by atoms with Crippen LogP contribution in [-0.2, 0) is 0 Å². The summed E-state index contributed by atoms with van der Waals surface area (Å²) in [5, 5.41) is 4.97. The number of para-hydroxylation sites is 3. The first kappa shape index (κ1) is 28.1. The monoisotopic (exact) mass is 654 g/mol. The van der Waals surface area contributed by atoms with Gasteiger partial charge in [-0.25, -0.2) is 0 Å². The van der Waals surface area contributed by atoms with E-state index in [0.717, 1.165) is 10.2 Å². The molecular weight excluding hydrogens is 624 g/mol. The van der Waals surface area contributed by atoms with Crippen LogP contribution in [0.5, 0.6) is 0 Å². The van der Waals surface area contributed by atoms with E-state index >= 15 is 0 Å². The molecule has 0 bridgehead atoms. The predicted molar refractivity (Wildman–Crippen MR) is 200 cm³/mol. The van der Waals surface area contributed by atoms with Crippen molar-refractivity contribution >= 4 is 59.5 Å². The zero-order chi connectivity index (χ0) is 29.9. The van der Waals surface area contributed by atoms with Gasteiger partial charge in [-0.15, -0.1) is 0 Å². The number of halogens is 1. The Kier molecular flexibility index (Phi) is 6.85. The molecule has 3 heteroatoms. The molecule has 2 heterocycles. The summed E-state index contributed by atoms with van der Waals surface area (Å²) < 4.78 is 5.86. The Morgan fingerprint density at radius 3 is 1.61 bits per heavy atom. The first-order chi connectivity index (χ1) is 22.2. The fourth-order valence-corrected chi connectivity index (χ4v) is 7.59. The van der Waals surface area contributed by atoms with Crippen LogP contribution in [0.15, 0.2) is 168 Å². The lowest BCUT2D eigenvalue weighted by Gasteiger charge is -2.11. The van der Waals surface area contributed by atoms with Gasteiger partial charge in [0.2, 0.25) is 0 Å². The summed E-state index contributed by atoms with van der Waals surface area (Å²) in [6.45, 7) is 0. The molecule has 0 aliphatic heterocycles. The maximum atomic E-state index is 4.00. The Balaban J connectivity index is 0.00000312. The van der Waals surface area contributed by atoms with Gasteiger partial charge in [0.05, 0.1) is 22.1 Å². The third-order valence-corrected chi connectivity index (χ3v) is 9.60. The van der Waals surface area contributed by atoms with Gasteiger partial charge in [-0.3, -0.25) is 0 Å². The minimum absolute atomic E-state index is 0. The molecule has 0 atom stereocenters. The Morgan fingerprint density at radius 2 is 0.870 bits per heavy atom. The summed E-state index contributed by atoms with van der Waals surface area (Å²) in [5.41, 5.74) is 11.9. The minimum Gasteiger partial charge on any atom is -0.309 e. The summed E-state index contributed by atoms with van der Waals surface area (Å²) in [5.74, 6) is 0. The fourth-order valence-electron chi connectivity index (χ4n) is 6.93. The van der Waals surface area contributed by atoms with Crippen LogP contribution in [0.25, 0.3) is 77.2 Å². The maximum Gasteiger partial charge on any atom is 0.0558 e. The molecule has 0 unspecified atom stereocenters. The van der Waals surface area contributed by atoms with Crippen molar-refractivity contribution < 1.29 is 0 Å². The van der Waals surface area contributed by atoms with Crippen molar-refractivity contribution in [1.82, 2.24) is 9.13 Å². The predicted octanol–water partition coefficient (Wildman–Crippen LogP) is 12.6. The molecule has 0 amide bonds. The fraction of sp³-hybridized carbons (Fsp3) is 0.0233. The number of fused-ring (bicyclic) bond motifs is 6. The van der Waals surface area contributed by atoms with Gasteiger partial charge in [0.15, 0.2) is 0 Å². The van der Waals surface area contributed by atoms with Gasteiger partial charge in [0.25, 0.3) is 0 Å². The number of rotatable bonds is 4. The average molecular weight is 656 g/mol. The molecule has 0 fully saturated rings. The highest BCUT2D eigenvalue weighted by molar-refractivity contribution is 9.10. The number of hydrogen-bond acceptors (Lipinski definition) is 0. The summed E-state index contributed by atoms with van der Waals surface area (Å²) in [4.78, 5) is 0. The van der Waals surface area contributed by atoms with Crippen molar-refractivity contribution in [2.45, 2.75) is 7.43 Å². The lowest BCUT2D eigenvalue weighted by atomic mass is 10.0. The van der Waals surface area contributed by atoms with Crippen molar-refractivity contribution in [2.75, 3.05) is 0 Å². The van der Waals surface area contributed by atoms with Crippen molar-refractivity contribution in [3.63, 3.8) is 0 Å². The second kappa shape index (κ2) is 11.2. The molecule has 7 aromatic carbocycles. The smallest absolute Gasteiger partial charge is 0.0558 e. The molecular formula is C43H31BrN2. The SMILES string of the molecule is Brc1cc(-c2ccc3c(c2)c2ccccc2n3-c2ccccc2)cc2c1c1ccccc1n2-c1ccc(-c2ccccc2)cc1.C. The summed E-state index contributed by atoms with van der Waals surface area (Å²) in [6.07, 6.45) is 0. The lowest BCUT2D eigenvalue weighted by molar-refractivity contribution is 1.18. The van der Waals surface area contributed by atoms with Crippen LogP contribution < -0.4 is 0 Å². The molecule has 0 saturated heterocycles. The molecule has 2 aromatic heterocycles. The third-order valence-electron chi connectivity index (χ3n) is 8.98. The maximum absolute atomic E-state index is 4.00. The second-order valence-corrected chi connectivity index (χ2v) is 12.4. The van der Waals surface area contributed by atoms with Gasteiger partial charge < -0.3 is 9.13 Å². The molecule has 0 aliphatic rings. The molecule has 9 aromatic rings. The van der Waals surface area contributed by atoms with Gasteiger partial charge in [0, 0.05) is 37.4 Å². The van der Waals surface area contributed by atoms with Crippen LogP contribution in [0.2, 0.25) is 0 Å². The van der Waals surface area contributed by atoms with E-state index in [1.165, 1.54) is 71.6 Å². The molecule has 0 radical (unpaired) electrons. The average Bonchev–Trinajstić information content (AvgIpc) is 3.62. The Hall–Kier alpha value is -5.38. The highest BCUT2D eigenvalue weighted by Crippen LogP contribution is 2.41. The molecule has 0 aliphatic carbocycles. The standard InChI is InChI=1S/C42H27BrN2.CH4/c43-37-26-31(30-21-24-40-36(25-30)34-15-7-9-17-38(34)44(40)32-13-5-2-6-14-32)27-41-42(37)35-16-8-10-18-39(35)45(41)33-22-19-29(20-23-33)28-11-3-1-4-12-28;/h1-27H;1H4. The van der Waals surface area contributed by atoms with Gasteiger partial charge in [-0.1, -0.05) is 126 Å². The van der Waals surface area contributed by atoms with Gasteiger partial charge in [0.1, 0.15) is 0 Å². The van der Waals surface area contributed by atoms with Crippen LogP contribution in [0, 0.1) is 0 Å². The van der Waals surface area contributed by atoms with Gasteiger partial charge in [-0.05, 0) is 82.9 Å². The summed E-state index contributed by atoms with van der Waals surface area (Å²) in [6, 6.07) is 59.0. The van der Waals surface area contributed by atoms with Crippen LogP contribution in [0.1, 0.15) is 7.43 Å². The zero-order valence-corrected chi connectivity index (χ0v) is 25.9. The first-order valence-corrected chi connectivity index (χ1v) is 16.0. The summed E-state index contributed by atoms with van der Waals surface area (Å²) >= 11 is 4.00.